The molecule has 0 saturated heterocycles. The highest BCUT2D eigenvalue weighted by Gasteiger charge is 2.06. The van der Waals surface area contributed by atoms with Crippen LogP contribution in [0.25, 0.3) is 0 Å². The molecular formula is C6H10N2O2. The molecule has 56 valence electrons. The van der Waals surface area contributed by atoms with Crippen LogP contribution in [-0.2, 0) is 0 Å². The van der Waals surface area contributed by atoms with Crippen LogP contribution in [0.1, 0.15) is 0 Å². The smallest absolute Gasteiger partial charge is 0.215 e. The molecule has 0 aliphatic rings. The number of aromatic amines is 1. The fourth-order valence-electron chi connectivity index (χ4n) is 0.760. The Labute approximate surface area is 58.7 Å². The van der Waals surface area contributed by atoms with Crippen LogP contribution in [0, 0.1) is 0 Å². The van der Waals surface area contributed by atoms with Gasteiger partial charge in [0.1, 0.15) is 5.69 Å². The van der Waals surface area contributed by atoms with E-state index in [1.54, 1.807) is 19.0 Å². The standard InChI is InChI=1S/C6H10N2O2/c1-8(2)4-3-5(9)7-6(4)10/h3,7,9-10H,1-2H3. The van der Waals surface area contributed by atoms with Crippen molar-refractivity contribution in [2.24, 2.45) is 0 Å². The van der Waals surface area contributed by atoms with Gasteiger partial charge in [0.15, 0.2) is 5.88 Å². The maximum Gasteiger partial charge on any atom is 0.215 e. The Morgan fingerprint density at radius 1 is 1.40 bits per heavy atom. The van der Waals surface area contributed by atoms with Crippen molar-refractivity contribution >= 4 is 5.69 Å². The SMILES string of the molecule is CN(C)c1cc(O)[nH]c1O. The van der Waals surface area contributed by atoms with Gasteiger partial charge in [-0.2, -0.15) is 0 Å². The second-order valence-corrected chi connectivity index (χ2v) is 2.28. The third-order valence-electron chi connectivity index (χ3n) is 1.24. The molecule has 0 aromatic carbocycles. The molecule has 1 heterocycles. The van der Waals surface area contributed by atoms with E-state index in [0.29, 0.717) is 5.69 Å². The van der Waals surface area contributed by atoms with E-state index in [4.69, 9.17) is 10.2 Å². The first kappa shape index (κ1) is 6.80. The number of rotatable bonds is 1. The monoisotopic (exact) mass is 142 g/mol. The number of anilines is 1. The fourth-order valence-corrected chi connectivity index (χ4v) is 0.760. The summed E-state index contributed by atoms with van der Waals surface area (Å²) in [6.45, 7) is 0. The molecule has 0 aliphatic heterocycles. The number of aromatic hydroxyl groups is 2. The van der Waals surface area contributed by atoms with Gasteiger partial charge in [0.25, 0.3) is 0 Å². The molecule has 0 aliphatic carbocycles. The molecule has 3 N–H and O–H groups in total. The Balaban J connectivity index is 3.03. The van der Waals surface area contributed by atoms with E-state index >= 15 is 0 Å². The second-order valence-electron chi connectivity index (χ2n) is 2.28. The van der Waals surface area contributed by atoms with Crippen LogP contribution >= 0.6 is 0 Å². The normalized spacial score (nSPS) is 9.80. The van der Waals surface area contributed by atoms with Crippen molar-refractivity contribution in [1.82, 2.24) is 4.98 Å². The lowest BCUT2D eigenvalue weighted by Crippen LogP contribution is -2.07. The molecule has 1 aromatic heterocycles. The highest BCUT2D eigenvalue weighted by atomic mass is 16.3. The van der Waals surface area contributed by atoms with Gasteiger partial charge in [0, 0.05) is 20.2 Å². The van der Waals surface area contributed by atoms with Crippen molar-refractivity contribution in [2.75, 3.05) is 19.0 Å². The first-order valence-corrected chi connectivity index (χ1v) is 2.89. The first-order chi connectivity index (χ1) is 4.61. The number of nitrogens with zero attached hydrogens (tertiary/aromatic N) is 1. The zero-order valence-electron chi connectivity index (χ0n) is 5.92. The summed E-state index contributed by atoms with van der Waals surface area (Å²) in [4.78, 5) is 4.06. The van der Waals surface area contributed by atoms with Crippen molar-refractivity contribution in [3.05, 3.63) is 6.07 Å². The maximum absolute atomic E-state index is 9.04. The van der Waals surface area contributed by atoms with Gasteiger partial charge in [-0.3, -0.25) is 4.98 Å². The van der Waals surface area contributed by atoms with Gasteiger partial charge in [-0.1, -0.05) is 0 Å². The van der Waals surface area contributed by atoms with Crippen molar-refractivity contribution in [1.29, 1.82) is 0 Å². The van der Waals surface area contributed by atoms with Crippen LogP contribution in [0.4, 0.5) is 5.69 Å². The van der Waals surface area contributed by atoms with Crippen LogP contribution in [0.15, 0.2) is 6.07 Å². The molecule has 0 radical (unpaired) electrons. The third-order valence-corrected chi connectivity index (χ3v) is 1.24. The Morgan fingerprint density at radius 2 is 2.00 bits per heavy atom. The van der Waals surface area contributed by atoms with Gasteiger partial charge < -0.3 is 15.1 Å². The summed E-state index contributed by atoms with van der Waals surface area (Å²) in [6.07, 6.45) is 0. The number of hydrogen-bond acceptors (Lipinski definition) is 3. The fraction of sp³-hybridized carbons (Fsp3) is 0.333. The largest absolute Gasteiger partial charge is 0.494 e. The number of hydrogen-bond donors (Lipinski definition) is 3. The summed E-state index contributed by atoms with van der Waals surface area (Å²) in [5.41, 5.74) is 0.581. The van der Waals surface area contributed by atoms with Gasteiger partial charge in [-0.25, -0.2) is 0 Å². The molecule has 0 unspecified atom stereocenters. The van der Waals surface area contributed by atoms with E-state index in [9.17, 15) is 0 Å². The predicted octanol–water partition coefficient (Wildman–Crippen LogP) is 0.492. The van der Waals surface area contributed by atoms with Crippen molar-refractivity contribution in [3.63, 3.8) is 0 Å². The van der Waals surface area contributed by atoms with E-state index < -0.39 is 0 Å². The number of aromatic nitrogens is 1. The molecule has 10 heavy (non-hydrogen) atoms. The van der Waals surface area contributed by atoms with Gasteiger partial charge >= 0.3 is 0 Å². The minimum atomic E-state index is -0.0267. The summed E-state index contributed by atoms with van der Waals surface area (Å²) < 4.78 is 0. The summed E-state index contributed by atoms with van der Waals surface area (Å²) in [5, 5.41) is 17.9. The van der Waals surface area contributed by atoms with E-state index in [1.165, 1.54) is 6.07 Å². The predicted molar refractivity (Wildman–Crippen MR) is 38.4 cm³/mol. The zero-order valence-corrected chi connectivity index (χ0v) is 5.92. The minimum absolute atomic E-state index is 0.0116. The second kappa shape index (κ2) is 2.13. The average molecular weight is 142 g/mol. The molecule has 0 fully saturated rings. The third kappa shape index (κ3) is 1.00. The summed E-state index contributed by atoms with van der Waals surface area (Å²) >= 11 is 0. The zero-order chi connectivity index (χ0) is 7.72. The Bertz CT molecular complexity index is 230. The van der Waals surface area contributed by atoms with E-state index in [1.807, 2.05) is 0 Å². The Kier molecular flexibility index (Phi) is 1.45. The van der Waals surface area contributed by atoms with Gasteiger partial charge in [-0.05, 0) is 0 Å². The van der Waals surface area contributed by atoms with E-state index in [0.717, 1.165) is 0 Å². The summed E-state index contributed by atoms with van der Waals surface area (Å²) in [6, 6.07) is 1.45. The average Bonchev–Trinajstić information content (AvgIpc) is 2.10. The molecule has 0 spiro atoms. The highest BCUT2D eigenvalue weighted by Crippen LogP contribution is 2.28. The first-order valence-electron chi connectivity index (χ1n) is 2.89. The molecule has 0 bridgehead atoms. The molecule has 0 atom stereocenters. The van der Waals surface area contributed by atoms with Gasteiger partial charge in [-0.15, -0.1) is 0 Å². The lowest BCUT2D eigenvalue weighted by atomic mass is 10.5. The minimum Gasteiger partial charge on any atom is -0.494 e. The Morgan fingerprint density at radius 3 is 2.20 bits per heavy atom. The maximum atomic E-state index is 9.04. The van der Waals surface area contributed by atoms with Crippen LogP contribution in [0.3, 0.4) is 0 Å². The molecule has 4 heteroatoms. The van der Waals surface area contributed by atoms with Crippen LogP contribution in [0.2, 0.25) is 0 Å². The van der Waals surface area contributed by atoms with Gasteiger partial charge in [0.05, 0.1) is 0 Å². The quantitative estimate of drug-likeness (QED) is 0.535. The summed E-state index contributed by atoms with van der Waals surface area (Å²) in [7, 11) is 3.56. The van der Waals surface area contributed by atoms with Crippen molar-refractivity contribution in [3.8, 4) is 11.8 Å². The van der Waals surface area contributed by atoms with E-state index in [2.05, 4.69) is 4.98 Å². The molecule has 4 nitrogen and oxygen atoms in total. The lowest BCUT2D eigenvalue weighted by molar-refractivity contribution is 0.425. The van der Waals surface area contributed by atoms with Crippen LogP contribution in [0.5, 0.6) is 11.8 Å². The van der Waals surface area contributed by atoms with E-state index in [-0.39, 0.29) is 11.8 Å². The molecule has 1 rings (SSSR count). The Hall–Kier alpha value is -1.32. The highest BCUT2D eigenvalue weighted by molar-refractivity contribution is 5.57. The van der Waals surface area contributed by atoms with Crippen molar-refractivity contribution < 1.29 is 10.2 Å². The van der Waals surface area contributed by atoms with Crippen molar-refractivity contribution in [2.45, 2.75) is 0 Å². The van der Waals surface area contributed by atoms with Gasteiger partial charge in [0.2, 0.25) is 5.88 Å². The van der Waals surface area contributed by atoms with Crippen LogP contribution < -0.4 is 4.90 Å². The molecule has 0 amide bonds. The molecular weight excluding hydrogens is 132 g/mol. The lowest BCUT2D eigenvalue weighted by Gasteiger charge is -2.08. The molecule has 1 aromatic rings. The summed E-state index contributed by atoms with van der Waals surface area (Å²) in [5.74, 6) is -0.0382. The van der Waals surface area contributed by atoms with Crippen LogP contribution in [-0.4, -0.2) is 29.3 Å². The number of nitrogens with one attached hydrogen (secondary N) is 1. The molecule has 0 saturated carbocycles. The number of H-pyrrole nitrogens is 1. The topological polar surface area (TPSA) is 59.5 Å².